The maximum absolute atomic E-state index is 14.4. The van der Waals surface area contributed by atoms with Gasteiger partial charge in [-0.15, -0.1) is 0 Å². The van der Waals surface area contributed by atoms with Crippen molar-refractivity contribution in [3.63, 3.8) is 0 Å². The molecule has 0 bridgehead atoms. The number of fused-ring (bicyclic) bond motifs is 1. The number of amides is 1. The molecule has 3 nitrogen and oxygen atoms in total. The highest BCUT2D eigenvalue weighted by Gasteiger charge is 2.34. The topological polar surface area (TPSA) is 32.3 Å². The molecule has 1 amide bonds. The third-order valence-corrected chi connectivity index (χ3v) is 4.16. The molecule has 0 aliphatic carbocycles. The first-order valence-corrected chi connectivity index (χ1v) is 7.74. The Kier molecular flexibility index (Phi) is 3.50. The lowest BCUT2D eigenvalue weighted by atomic mass is 10.0. The zero-order valence-corrected chi connectivity index (χ0v) is 12.8. The normalized spacial score (nSPS) is 16.5. The molecule has 0 fully saturated rings. The molecule has 1 atom stereocenters. The molecular weight excluding hydrogens is 303 g/mol. The zero-order valence-electron chi connectivity index (χ0n) is 12.8. The molecule has 4 heteroatoms. The van der Waals surface area contributed by atoms with Gasteiger partial charge in [-0.05, 0) is 30.3 Å². The third-order valence-electron chi connectivity index (χ3n) is 4.16. The molecule has 1 heterocycles. The fourth-order valence-corrected chi connectivity index (χ4v) is 3.02. The van der Waals surface area contributed by atoms with Gasteiger partial charge < -0.3 is 5.32 Å². The van der Waals surface area contributed by atoms with Crippen molar-refractivity contribution in [2.75, 3.05) is 10.2 Å². The Balaban J connectivity index is 1.90. The molecule has 3 aromatic rings. The number of benzene rings is 3. The summed E-state index contributed by atoms with van der Waals surface area (Å²) in [6.45, 7) is 0. The standard InChI is InChI=1S/C20H15FN2O/c21-17-12-6-4-10-15(17)19-22-18-13-7-5-11-16(18)20(24)23(19)14-8-2-1-3-9-14/h1-13,19,22H/t19-/m1/s1. The van der Waals surface area contributed by atoms with E-state index in [0.717, 1.165) is 5.69 Å². The monoisotopic (exact) mass is 318 g/mol. The number of para-hydroxylation sites is 2. The lowest BCUT2D eigenvalue weighted by molar-refractivity contribution is 0.0974. The van der Waals surface area contributed by atoms with Crippen LogP contribution in [-0.2, 0) is 0 Å². The lowest BCUT2D eigenvalue weighted by Crippen LogP contribution is -2.43. The molecular formula is C20H15FN2O. The predicted molar refractivity (Wildman–Crippen MR) is 92.5 cm³/mol. The number of nitrogens with zero attached hydrogens (tertiary/aromatic N) is 1. The number of carbonyl (C=O) groups excluding carboxylic acids is 1. The number of hydrogen-bond donors (Lipinski definition) is 1. The van der Waals surface area contributed by atoms with Gasteiger partial charge >= 0.3 is 0 Å². The summed E-state index contributed by atoms with van der Waals surface area (Å²) in [5, 5.41) is 3.30. The largest absolute Gasteiger partial charge is 0.360 e. The van der Waals surface area contributed by atoms with Crippen molar-refractivity contribution in [1.82, 2.24) is 0 Å². The molecule has 0 saturated heterocycles. The molecule has 3 aromatic carbocycles. The van der Waals surface area contributed by atoms with Gasteiger partial charge in [-0.2, -0.15) is 0 Å². The van der Waals surface area contributed by atoms with Crippen LogP contribution >= 0.6 is 0 Å². The molecule has 0 unspecified atom stereocenters. The number of carbonyl (C=O) groups is 1. The van der Waals surface area contributed by atoms with Crippen molar-refractivity contribution in [1.29, 1.82) is 0 Å². The Hall–Kier alpha value is -3.14. The van der Waals surface area contributed by atoms with E-state index in [2.05, 4.69) is 5.32 Å². The molecule has 118 valence electrons. The summed E-state index contributed by atoms with van der Waals surface area (Å²) in [4.78, 5) is 14.7. The number of hydrogen-bond acceptors (Lipinski definition) is 2. The second-order valence-corrected chi connectivity index (χ2v) is 5.62. The van der Waals surface area contributed by atoms with Gasteiger partial charge in [0.25, 0.3) is 5.91 Å². The molecule has 24 heavy (non-hydrogen) atoms. The minimum Gasteiger partial charge on any atom is -0.360 e. The van der Waals surface area contributed by atoms with Gasteiger partial charge in [-0.1, -0.05) is 48.5 Å². The van der Waals surface area contributed by atoms with Crippen LogP contribution < -0.4 is 10.2 Å². The van der Waals surface area contributed by atoms with Crippen molar-refractivity contribution in [3.05, 3.63) is 95.8 Å². The van der Waals surface area contributed by atoms with Gasteiger partial charge in [0.2, 0.25) is 0 Å². The van der Waals surface area contributed by atoms with Crippen molar-refractivity contribution in [3.8, 4) is 0 Å². The van der Waals surface area contributed by atoms with Crippen LogP contribution in [0.15, 0.2) is 78.9 Å². The molecule has 0 radical (unpaired) electrons. The van der Waals surface area contributed by atoms with Crippen LogP contribution in [0.4, 0.5) is 15.8 Å². The number of anilines is 2. The number of halogens is 1. The van der Waals surface area contributed by atoms with Gasteiger partial charge in [0.05, 0.1) is 5.56 Å². The van der Waals surface area contributed by atoms with Gasteiger partial charge in [-0.3, -0.25) is 9.69 Å². The third kappa shape index (κ3) is 2.33. The van der Waals surface area contributed by atoms with Gasteiger partial charge in [0.15, 0.2) is 0 Å². The Morgan fingerprint density at radius 3 is 2.29 bits per heavy atom. The van der Waals surface area contributed by atoms with Crippen LogP contribution in [0.1, 0.15) is 22.1 Å². The van der Waals surface area contributed by atoms with Crippen LogP contribution in [-0.4, -0.2) is 5.91 Å². The van der Waals surface area contributed by atoms with Crippen LogP contribution in [0.5, 0.6) is 0 Å². The first kappa shape index (κ1) is 14.5. The molecule has 4 rings (SSSR count). The maximum atomic E-state index is 14.4. The summed E-state index contributed by atoms with van der Waals surface area (Å²) < 4.78 is 14.4. The van der Waals surface area contributed by atoms with Crippen molar-refractivity contribution < 1.29 is 9.18 Å². The minimum atomic E-state index is -0.601. The number of nitrogens with one attached hydrogen (secondary N) is 1. The van der Waals surface area contributed by atoms with Crippen LogP contribution in [0.3, 0.4) is 0 Å². The lowest BCUT2D eigenvalue weighted by Gasteiger charge is -2.38. The van der Waals surface area contributed by atoms with E-state index in [4.69, 9.17) is 0 Å². The Morgan fingerprint density at radius 2 is 1.50 bits per heavy atom. The summed E-state index contributed by atoms with van der Waals surface area (Å²) in [6.07, 6.45) is -0.601. The Bertz CT molecular complexity index is 895. The highest BCUT2D eigenvalue weighted by atomic mass is 19.1. The van der Waals surface area contributed by atoms with Crippen LogP contribution in [0.2, 0.25) is 0 Å². The van der Waals surface area contributed by atoms with Crippen molar-refractivity contribution >= 4 is 17.3 Å². The smallest absolute Gasteiger partial charge is 0.262 e. The van der Waals surface area contributed by atoms with E-state index in [9.17, 15) is 9.18 Å². The first-order chi connectivity index (χ1) is 11.8. The Morgan fingerprint density at radius 1 is 0.833 bits per heavy atom. The highest BCUT2D eigenvalue weighted by Crippen LogP contribution is 2.37. The average Bonchev–Trinajstić information content (AvgIpc) is 2.63. The van der Waals surface area contributed by atoms with Crippen molar-refractivity contribution in [2.45, 2.75) is 6.17 Å². The summed E-state index contributed by atoms with van der Waals surface area (Å²) in [6, 6.07) is 23.1. The van der Waals surface area contributed by atoms with Crippen LogP contribution in [0, 0.1) is 5.82 Å². The van der Waals surface area contributed by atoms with E-state index < -0.39 is 6.17 Å². The molecule has 1 N–H and O–H groups in total. The quantitative estimate of drug-likeness (QED) is 0.749. The van der Waals surface area contributed by atoms with Gasteiger partial charge in [0, 0.05) is 16.9 Å². The van der Waals surface area contributed by atoms with Crippen molar-refractivity contribution in [2.24, 2.45) is 0 Å². The molecule has 0 saturated carbocycles. The number of rotatable bonds is 2. The Labute approximate surface area is 139 Å². The SMILES string of the molecule is O=C1c2ccccc2N[C@@H](c2ccccc2F)N1c1ccccc1. The van der Waals surface area contributed by atoms with E-state index in [1.807, 2.05) is 48.5 Å². The van der Waals surface area contributed by atoms with E-state index in [-0.39, 0.29) is 11.7 Å². The van der Waals surface area contributed by atoms with Gasteiger partial charge in [-0.25, -0.2) is 4.39 Å². The van der Waals surface area contributed by atoms with Crippen LogP contribution in [0.25, 0.3) is 0 Å². The minimum absolute atomic E-state index is 0.149. The second-order valence-electron chi connectivity index (χ2n) is 5.62. The molecule has 0 spiro atoms. The molecule has 1 aliphatic rings. The van der Waals surface area contributed by atoms with E-state index in [1.165, 1.54) is 6.07 Å². The fraction of sp³-hybridized carbons (Fsp3) is 0.0500. The summed E-state index contributed by atoms with van der Waals surface area (Å²) in [5.74, 6) is -0.494. The van der Waals surface area contributed by atoms with E-state index >= 15 is 0 Å². The highest BCUT2D eigenvalue weighted by molar-refractivity contribution is 6.12. The summed E-state index contributed by atoms with van der Waals surface area (Å²) in [7, 11) is 0. The first-order valence-electron chi connectivity index (χ1n) is 7.74. The average molecular weight is 318 g/mol. The molecule has 0 aromatic heterocycles. The maximum Gasteiger partial charge on any atom is 0.262 e. The second kappa shape index (κ2) is 5.81. The fourth-order valence-electron chi connectivity index (χ4n) is 3.02. The van der Waals surface area contributed by atoms with E-state index in [1.54, 1.807) is 29.2 Å². The molecule has 1 aliphatic heterocycles. The van der Waals surface area contributed by atoms with E-state index in [0.29, 0.717) is 16.8 Å². The zero-order chi connectivity index (χ0) is 16.5. The van der Waals surface area contributed by atoms with Gasteiger partial charge in [0.1, 0.15) is 12.0 Å². The predicted octanol–water partition coefficient (Wildman–Crippen LogP) is 4.60. The summed E-state index contributed by atoms with van der Waals surface area (Å²) in [5.41, 5.74) is 2.44. The summed E-state index contributed by atoms with van der Waals surface area (Å²) >= 11 is 0.